The number of rotatable bonds is 8. The molecular formula is C18H21F2N4O11PS. The van der Waals surface area contributed by atoms with Crippen molar-refractivity contribution in [3.8, 4) is 0 Å². The van der Waals surface area contributed by atoms with E-state index in [1.54, 1.807) is 9.97 Å². The molecule has 15 nitrogen and oxygen atoms in total. The molecule has 5 N–H and O–H groups in total. The lowest BCUT2D eigenvalue weighted by molar-refractivity contribution is -0.0533. The SMILES string of the molecule is O=c1[nH]c(=O)n([C@H]2C[C@H](O)[C@H](COP(O)(=S)O[C@@H]3C[C@H](n4cc(F)c(=O)[nH]c4=O)O[C@H]3CO)O2)cc1F. The van der Waals surface area contributed by atoms with Gasteiger partial charge in [-0.05, 0) is 11.8 Å². The summed E-state index contributed by atoms with van der Waals surface area (Å²) in [4.78, 5) is 60.4. The molecule has 2 aromatic heterocycles. The summed E-state index contributed by atoms with van der Waals surface area (Å²) in [6.07, 6.45) is -6.01. The number of aliphatic hydroxyl groups excluding tert-OH is 2. The van der Waals surface area contributed by atoms with Gasteiger partial charge in [0.05, 0.1) is 37.8 Å². The number of hydrogen-bond acceptors (Lipinski definition) is 11. The van der Waals surface area contributed by atoms with Crippen molar-refractivity contribution in [1.29, 1.82) is 0 Å². The monoisotopic (exact) mass is 570 g/mol. The second kappa shape index (κ2) is 10.8. The minimum atomic E-state index is -4.08. The third-order valence-corrected chi connectivity index (χ3v) is 7.29. The molecule has 0 aromatic carbocycles. The molecule has 1 unspecified atom stereocenters. The van der Waals surface area contributed by atoms with Crippen LogP contribution in [0.4, 0.5) is 8.78 Å². The third-order valence-electron chi connectivity index (χ3n) is 5.70. The highest BCUT2D eigenvalue weighted by molar-refractivity contribution is 8.07. The van der Waals surface area contributed by atoms with Gasteiger partial charge in [0.1, 0.15) is 24.7 Å². The van der Waals surface area contributed by atoms with E-state index in [4.69, 9.17) is 30.3 Å². The molecule has 2 aliphatic rings. The zero-order valence-electron chi connectivity index (χ0n) is 18.6. The molecule has 0 saturated carbocycles. The second-order valence-corrected chi connectivity index (χ2v) is 11.0. The zero-order valence-corrected chi connectivity index (χ0v) is 20.3. The smallest absolute Gasteiger partial charge is 0.330 e. The van der Waals surface area contributed by atoms with Gasteiger partial charge in [0.15, 0.2) is 0 Å². The average Bonchev–Trinajstić information content (AvgIpc) is 3.39. The van der Waals surface area contributed by atoms with Crippen molar-refractivity contribution in [2.75, 3.05) is 13.2 Å². The Labute approximate surface area is 209 Å². The van der Waals surface area contributed by atoms with E-state index in [1.165, 1.54) is 0 Å². The first-order chi connectivity index (χ1) is 17.4. The lowest BCUT2D eigenvalue weighted by Gasteiger charge is -2.24. The van der Waals surface area contributed by atoms with Gasteiger partial charge < -0.3 is 33.6 Å². The molecule has 2 saturated heterocycles. The van der Waals surface area contributed by atoms with Crippen LogP contribution < -0.4 is 22.5 Å². The van der Waals surface area contributed by atoms with Gasteiger partial charge in [0, 0.05) is 12.8 Å². The van der Waals surface area contributed by atoms with Gasteiger partial charge >= 0.3 is 18.1 Å². The van der Waals surface area contributed by atoms with E-state index in [0.717, 1.165) is 9.13 Å². The number of H-pyrrole nitrogens is 2. The van der Waals surface area contributed by atoms with E-state index in [2.05, 4.69) is 0 Å². The van der Waals surface area contributed by atoms with E-state index in [1.807, 2.05) is 0 Å². The first-order valence-corrected chi connectivity index (χ1v) is 13.2. The van der Waals surface area contributed by atoms with Crippen molar-refractivity contribution in [2.24, 2.45) is 0 Å². The Bertz CT molecular complexity index is 1440. The lowest BCUT2D eigenvalue weighted by Crippen LogP contribution is -2.34. The standard InChI is InChI=1S/C18H21F2N4O11PS/c19-7-3-23(17(29)21-15(7)27)13-1-9(26)12(34-13)6-32-36(31,37)35-10-2-14(33-11(10)5-25)24-4-8(20)16(28)22-18(24)30/h3-4,9-14,25-26H,1-2,5-6H2,(H,31,37)(H,21,27,29)(H,22,28,30)/t9-,10+,11-,12-,13+,14+,36?/m0/s1. The van der Waals surface area contributed by atoms with Crippen LogP contribution in [0.1, 0.15) is 25.3 Å². The summed E-state index contributed by atoms with van der Waals surface area (Å²) in [5.41, 5.74) is -4.38. The van der Waals surface area contributed by atoms with Gasteiger partial charge in [-0.2, -0.15) is 8.78 Å². The van der Waals surface area contributed by atoms with E-state index < -0.39 is 90.9 Å². The van der Waals surface area contributed by atoms with Crippen molar-refractivity contribution >= 4 is 18.5 Å². The fraction of sp³-hybridized carbons (Fsp3) is 0.556. The predicted octanol–water partition coefficient (Wildman–Crippen LogP) is -2.09. The first-order valence-electron chi connectivity index (χ1n) is 10.7. The Morgan fingerprint density at radius 2 is 1.51 bits per heavy atom. The highest BCUT2D eigenvalue weighted by Crippen LogP contribution is 2.49. The van der Waals surface area contributed by atoms with Crippen LogP contribution in [0.25, 0.3) is 0 Å². The van der Waals surface area contributed by atoms with Crippen LogP contribution in [-0.4, -0.2) is 71.8 Å². The van der Waals surface area contributed by atoms with Crippen molar-refractivity contribution < 1.29 is 42.4 Å². The van der Waals surface area contributed by atoms with Crippen LogP contribution in [0.2, 0.25) is 0 Å². The molecule has 7 atom stereocenters. The molecule has 0 radical (unpaired) electrons. The summed E-state index contributed by atoms with van der Waals surface area (Å²) in [7, 11) is 0. The van der Waals surface area contributed by atoms with Crippen molar-refractivity contribution in [3.63, 3.8) is 0 Å². The predicted molar refractivity (Wildman–Crippen MR) is 120 cm³/mol. The molecule has 37 heavy (non-hydrogen) atoms. The minimum absolute atomic E-state index is 0.177. The number of hydrogen-bond donors (Lipinski definition) is 5. The quantitative estimate of drug-likeness (QED) is 0.217. The van der Waals surface area contributed by atoms with Crippen LogP contribution in [0.5, 0.6) is 0 Å². The molecule has 4 rings (SSSR count). The number of nitrogens with one attached hydrogen (secondary N) is 2. The Hall–Kier alpha value is -2.41. The number of aromatic amines is 2. The fourth-order valence-electron chi connectivity index (χ4n) is 3.90. The van der Waals surface area contributed by atoms with E-state index in [-0.39, 0.29) is 12.8 Å². The van der Waals surface area contributed by atoms with Gasteiger partial charge in [-0.25, -0.2) is 9.59 Å². The summed E-state index contributed by atoms with van der Waals surface area (Å²) < 4.78 is 50.3. The number of nitrogens with zero attached hydrogens (tertiary/aromatic N) is 2. The zero-order chi connectivity index (χ0) is 27.1. The second-order valence-electron chi connectivity index (χ2n) is 8.18. The van der Waals surface area contributed by atoms with Gasteiger partial charge in [0.25, 0.3) is 11.1 Å². The largest absolute Gasteiger partial charge is 0.394 e. The van der Waals surface area contributed by atoms with Crippen LogP contribution in [0.15, 0.2) is 31.6 Å². The van der Waals surface area contributed by atoms with Crippen molar-refractivity contribution in [2.45, 2.75) is 49.7 Å². The molecule has 0 spiro atoms. The maximum absolute atomic E-state index is 13.6. The number of aliphatic hydroxyl groups is 2. The normalized spacial score (nSPS) is 29.4. The summed E-state index contributed by atoms with van der Waals surface area (Å²) in [6, 6.07) is 0. The number of halogens is 2. The molecule has 204 valence electrons. The molecule has 19 heteroatoms. The molecule has 2 aliphatic heterocycles. The summed E-state index contributed by atoms with van der Waals surface area (Å²) in [6.45, 7) is -5.23. The Morgan fingerprint density at radius 3 is 2.05 bits per heavy atom. The molecule has 2 fully saturated rings. The van der Waals surface area contributed by atoms with E-state index in [0.29, 0.717) is 12.4 Å². The molecule has 0 amide bonds. The van der Waals surface area contributed by atoms with Crippen LogP contribution in [0.3, 0.4) is 0 Å². The van der Waals surface area contributed by atoms with E-state index in [9.17, 15) is 43.1 Å². The first kappa shape index (κ1) is 27.6. The highest BCUT2D eigenvalue weighted by Gasteiger charge is 2.42. The Kier molecular flexibility index (Phi) is 8.03. The minimum Gasteiger partial charge on any atom is -0.394 e. The molecule has 2 aromatic rings. The molecule has 0 bridgehead atoms. The lowest BCUT2D eigenvalue weighted by atomic mass is 10.2. The maximum Gasteiger partial charge on any atom is 0.330 e. The van der Waals surface area contributed by atoms with E-state index >= 15 is 0 Å². The maximum atomic E-state index is 13.6. The molecular weight excluding hydrogens is 549 g/mol. The van der Waals surface area contributed by atoms with Crippen LogP contribution in [-0.2, 0) is 30.3 Å². The fourth-order valence-corrected chi connectivity index (χ4v) is 5.37. The highest BCUT2D eigenvalue weighted by atomic mass is 32.5. The van der Waals surface area contributed by atoms with Gasteiger partial charge in [-0.15, -0.1) is 0 Å². The van der Waals surface area contributed by atoms with Crippen molar-refractivity contribution in [3.05, 3.63) is 65.7 Å². The summed E-state index contributed by atoms with van der Waals surface area (Å²) >= 11 is 4.98. The third kappa shape index (κ3) is 6.02. The topological polar surface area (TPSA) is 207 Å². The van der Waals surface area contributed by atoms with Crippen LogP contribution in [0, 0.1) is 11.6 Å². The molecule has 4 heterocycles. The van der Waals surface area contributed by atoms with Gasteiger partial charge in [0.2, 0.25) is 11.6 Å². The molecule has 0 aliphatic carbocycles. The number of aromatic nitrogens is 4. The average molecular weight is 570 g/mol. The number of ether oxygens (including phenoxy) is 2. The Balaban J connectivity index is 1.39. The van der Waals surface area contributed by atoms with Crippen LogP contribution >= 0.6 is 6.72 Å². The van der Waals surface area contributed by atoms with Gasteiger partial charge in [-0.3, -0.25) is 28.7 Å². The summed E-state index contributed by atoms with van der Waals surface area (Å²) in [5, 5.41) is 19.9. The summed E-state index contributed by atoms with van der Waals surface area (Å²) in [5.74, 6) is -2.48. The van der Waals surface area contributed by atoms with Crippen molar-refractivity contribution in [1.82, 2.24) is 19.1 Å². The Morgan fingerprint density at radius 1 is 1.00 bits per heavy atom. The van der Waals surface area contributed by atoms with Gasteiger partial charge in [-0.1, -0.05) is 0 Å².